The molecule has 0 bridgehead atoms. The van der Waals surface area contributed by atoms with Gasteiger partial charge in [0.2, 0.25) is 0 Å². The number of hydrogen-bond acceptors (Lipinski definition) is 2. The predicted octanol–water partition coefficient (Wildman–Crippen LogP) is 5.58. The maximum atomic E-state index is 9.71. The third-order valence-corrected chi connectivity index (χ3v) is 4.14. The van der Waals surface area contributed by atoms with Crippen molar-refractivity contribution >= 4 is 27.3 Å². The van der Waals surface area contributed by atoms with Gasteiger partial charge in [0.1, 0.15) is 5.76 Å². The minimum absolute atomic E-state index is 0.0765. The number of pyridine rings is 1. The monoisotopic (exact) mass is 297 g/mol. The van der Waals surface area contributed by atoms with Crippen molar-refractivity contribution < 1.29 is 5.11 Å². The van der Waals surface area contributed by atoms with Crippen LogP contribution in [0.3, 0.4) is 0 Å². The van der Waals surface area contributed by atoms with E-state index in [1.807, 2.05) is 48.7 Å². The van der Waals surface area contributed by atoms with Gasteiger partial charge in [0.25, 0.3) is 0 Å². The Morgan fingerprint density at radius 2 is 1.61 bits per heavy atom. The maximum Gasteiger partial charge on any atom is 0.115 e. The van der Waals surface area contributed by atoms with E-state index in [0.717, 1.165) is 38.4 Å². The Balaban J connectivity index is 2.08. The van der Waals surface area contributed by atoms with Crippen LogP contribution in [-0.2, 0) is 0 Å². The summed E-state index contributed by atoms with van der Waals surface area (Å²) in [5, 5.41) is 14.2. The summed E-state index contributed by atoms with van der Waals surface area (Å²) in [6.07, 6.45) is 1.84. The Bertz CT molecular complexity index is 1040. The van der Waals surface area contributed by atoms with E-state index < -0.39 is 0 Å². The van der Waals surface area contributed by atoms with Crippen molar-refractivity contribution in [3.05, 3.63) is 85.1 Å². The fourth-order valence-corrected chi connectivity index (χ4v) is 2.99. The Labute approximate surface area is 134 Å². The van der Waals surface area contributed by atoms with Crippen LogP contribution in [0.15, 0.2) is 79.5 Å². The summed E-state index contributed by atoms with van der Waals surface area (Å²) in [5.74, 6) is 0.0765. The van der Waals surface area contributed by atoms with Gasteiger partial charge in [-0.25, -0.2) is 0 Å². The molecule has 2 nitrogen and oxygen atoms in total. The molecule has 0 saturated carbocycles. The van der Waals surface area contributed by atoms with Crippen LogP contribution in [0.1, 0.15) is 5.56 Å². The number of aromatic nitrogens is 1. The molecule has 0 aliphatic rings. The zero-order chi connectivity index (χ0) is 15.8. The third kappa shape index (κ3) is 2.25. The zero-order valence-corrected chi connectivity index (χ0v) is 12.5. The zero-order valence-electron chi connectivity index (χ0n) is 12.5. The van der Waals surface area contributed by atoms with Crippen LogP contribution >= 0.6 is 0 Å². The average molecular weight is 297 g/mol. The molecular weight excluding hydrogens is 282 g/mol. The second-order valence-electron chi connectivity index (χ2n) is 5.57. The van der Waals surface area contributed by atoms with Crippen molar-refractivity contribution in [1.29, 1.82) is 0 Å². The van der Waals surface area contributed by atoms with Crippen LogP contribution in [0.4, 0.5) is 0 Å². The molecule has 0 aliphatic carbocycles. The molecule has 4 aromatic rings. The summed E-state index contributed by atoms with van der Waals surface area (Å²) in [6.45, 7) is 3.62. The number of fused-ring (bicyclic) bond motifs is 2. The molecule has 0 radical (unpaired) electrons. The normalized spacial score (nSPS) is 11.0. The molecule has 0 spiro atoms. The van der Waals surface area contributed by atoms with Crippen LogP contribution in [0.5, 0.6) is 0 Å². The van der Waals surface area contributed by atoms with Crippen molar-refractivity contribution in [2.75, 3.05) is 0 Å². The minimum Gasteiger partial charge on any atom is -0.508 e. The van der Waals surface area contributed by atoms with Gasteiger partial charge < -0.3 is 5.11 Å². The molecule has 0 saturated heterocycles. The Kier molecular flexibility index (Phi) is 3.09. The quantitative estimate of drug-likeness (QED) is 0.490. The van der Waals surface area contributed by atoms with E-state index >= 15 is 0 Å². The number of benzene rings is 3. The van der Waals surface area contributed by atoms with Crippen molar-refractivity contribution in [1.82, 2.24) is 4.98 Å². The molecule has 3 aromatic carbocycles. The maximum absolute atomic E-state index is 9.71. The molecule has 1 N–H and O–H groups in total. The van der Waals surface area contributed by atoms with Crippen LogP contribution in [0.2, 0.25) is 0 Å². The Morgan fingerprint density at radius 1 is 0.826 bits per heavy atom. The first-order chi connectivity index (χ1) is 11.2. The molecule has 1 heterocycles. The summed E-state index contributed by atoms with van der Waals surface area (Å²) in [6, 6.07) is 22.3. The molecule has 1 aromatic heterocycles. The van der Waals surface area contributed by atoms with E-state index in [1.165, 1.54) is 0 Å². The lowest BCUT2D eigenvalue weighted by atomic mass is 9.96. The molecule has 0 fully saturated rings. The molecule has 4 rings (SSSR count). The highest BCUT2D eigenvalue weighted by Gasteiger charge is 2.10. The van der Waals surface area contributed by atoms with Crippen molar-refractivity contribution in [2.24, 2.45) is 0 Å². The van der Waals surface area contributed by atoms with Crippen molar-refractivity contribution in [3.8, 4) is 11.3 Å². The highest BCUT2D eigenvalue weighted by molar-refractivity contribution is 6.04. The largest absolute Gasteiger partial charge is 0.508 e. The van der Waals surface area contributed by atoms with Crippen molar-refractivity contribution in [2.45, 2.75) is 0 Å². The van der Waals surface area contributed by atoms with E-state index in [-0.39, 0.29) is 5.76 Å². The van der Waals surface area contributed by atoms with E-state index in [1.54, 1.807) is 0 Å². The van der Waals surface area contributed by atoms with E-state index in [4.69, 9.17) is 0 Å². The predicted molar refractivity (Wildman–Crippen MR) is 96.3 cm³/mol. The highest BCUT2D eigenvalue weighted by atomic mass is 16.3. The number of aliphatic hydroxyl groups is 1. The number of nitrogens with zero attached hydrogens (tertiary/aromatic N) is 1. The Hall–Kier alpha value is -3.13. The third-order valence-electron chi connectivity index (χ3n) is 4.14. The number of rotatable bonds is 2. The highest BCUT2D eigenvalue weighted by Crippen LogP contribution is 2.33. The summed E-state index contributed by atoms with van der Waals surface area (Å²) >= 11 is 0. The molecule has 0 atom stereocenters. The van der Waals surface area contributed by atoms with Gasteiger partial charge in [0, 0.05) is 22.7 Å². The summed E-state index contributed by atoms with van der Waals surface area (Å²) in [4.78, 5) is 4.62. The smallest absolute Gasteiger partial charge is 0.115 e. The van der Waals surface area contributed by atoms with E-state index in [9.17, 15) is 5.11 Å². The SMILES string of the molecule is C=C(O)c1ccc2cccc(-c3nccc4ccccc34)c2c1. The standard InChI is InChI=1S/C21H15NO/c1-14(23)17-10-9-15-6-4-8-19(20(15)13-17)21-18-7-3-2-5-16(18)11-12-22-21/h2-13,23H,1H2. The lowest BCUT2D eigenvalue weighted by Crippen LogP contribution is -1.89. The van der Waals surface area contributed by atoms with Crippen LogP contribution in [-0.4, -0.2) is 10.1 Å². The summed E-state index contributed by atoms with van der Waals surface area (Å²) in [7, 11) is 0. The van der Waals surface area contributed by atoms with Gasteiger partial charge >= 0.3 is 0 Å². The number of aliphatic hydroxyl groups excluding tert-OH is 1. The van der Waals surface area contributed by atoms with E-state index in [2.05, 4.69) is 35.8 Å². The average Bonchev–Trinajstić information content (AvgIpc) is 2.60. The molecule has 0 amide bonds. The number of hydrogen-bond donors (Lipinski definition) is 1. The molecule has 0 aliphatic heterocycles. The molecule has 2 heteroatoms. The fraction of sp³-hybridized carbons (Fsp3) is 0. The van der Waals surface area contributed by atoms with Gasteiger partial charge in [0.15, 0.2) is 0 Å². The summed E-state index contributed by atoms with van der Waals surface area (Å²) in [5.41, 5.74) is 2.74. The first-order valence-electron chi connectivity index (χ1n) is 7.49. The molecule has 0 unspecified atom stereocenters. The van der Waals surface area contributed by atoms with Gasteiger partial charge in [-0.1, -0.05) is 61.2 Å². The molecular formula is C21H15NO. The van der Waals surface area contributed by atoms with Gasteiger partial charge in [-0.15, -0.1) is 0 Å². The first kappa shape index (κ1) is 13.5. The second-order valence-corrected chi connectivity index (χ2v) is 5.57. The summed E-state index contributed by atoms with van der Waals surface area (Å²) < 4.78 is 0. The molecule has 23 heavy (non-hydrogen) atoms. The Morgan fingerprint density at radius 3 is 2.48 bits per heavy atom. The first-order valence-corrected chi connectivity index (χ1v) is 7.49. The van der Waals surface area contributed by atoms with Gasteiger partial charge in [0.05, 0.1) is 5.69 Å². The van der Waals surface area contributed by atoms with Crippen molar-refractivity contribution in [3.63, 3.8) is 0 Å². The lowest BCUT2D eigenvalue weighted by molar-refractivity contribution is 0.514. The van der Waals surface area contributed by atoms with Gasteiger partial charge in [-0.2, -0.15) is 0 Å². The lowest BCUT2D eigenvalue weighted by Gasteiger charge is -2.10. The van der Waals surface area contributed by atoms with Crippen LogP contribution in [0, 0.1) is 0 Å². The van der Waals surface area contributed by atoms with Crippen LogP contribution < -0.4 is 0 Å². The minimum atomic E-state index is 0.0765. The van der Waals surface area contributed by atoms with Gasteiger partial charge in [-0.3, -0.25) is 4.98 Å². The fourth-order valence-electron chi connectivity index (χ4n) is 2.99. The van der Waals surface area contributed by atoms with Gasteiger partial charge in [-0.05, 0) is 28.3 Å². The topological polar surface area (TPSA) is 33.1 Å². The van der Waals surface area contributed by atoms with E-state index in [0.29, 0.717) is 0 Å². The van der Waals surface area contributed by atoms with Crippen LogP contribution in [0.25, 0.3) is 38.6 Å². The second kappa shape index (κ2) is 5.25. The molecule has 110 valence electrons.